The monoisotopic (exact) mass is 330 g/mol. The first-order valence-corrected chi connectivity index (χ1v) is 7.85. The van der Waals surface area contributed by atoms with E-state index in [0.29, 0.717) is 18.4 Å². The number of benzene rings is 1. The molecule has 0 unspecified atom stereocenters. The summed E-state index contributed by atoms with van der Waals surface area (Å²) in [6, 6.07) is 7.02. The Bertz CT molecular complexity index is 709. The summed E-state index contributed by atoms with van der Waals surface area (Å²) in [5, 5.41) is 9.36. The van der Waals surface area contributed by atoms with Crippen molar-refractivity contribution in [1.82, 2.24) is 10.9 Å². The van der Waals surface area contributed by atoms with Crippen molar-refractivity contribution in [2.45, 2.75) is 33.6 Å². The molecule has 0 saturated heterocycles. The summed E-state index contributed by atoms with van der Waals surface area (Å²) in [6.45, 7) is 5.59. The van der Waals surface area contributed by atoms with Gasteiger partial charge < -0.3 is 5.11 Å². The lowest BCUT2D eigenvalue weighted by Crippen LogP contribution is -2.48. The third kappa shape index (κ3) is 3.82. The van der Waals surface area contributed by atoms with Crippen molar-refractivity contribution in [1.29, 1.82) is 0 Å². The van der Waals surface area contributed by atoms with E-state index in [2.05, 4.69) is 10.9 Å². The highest BCUT2D eigenvalue weighted by Crippen LogP contribution is 2.34. The average Bonchev–Trinajstić information content (AvgIpc) is 2.54. The third-order valence-electron chi connectivity index (χ3n) is 4.61. The number of carbonyl (C=O) groups excluding carboxylic acids is 2. The Morgan fingerprint density at radius 2 is 1.54 bits per heavy atom. The van der Waals surface area contributed by atoms with E-state index >= 15 is 0 Å². The topological polar surface area (TPSA) is 95.5 Å². The van der Waals surface area contributed by atoms with Gasteiger partial charge in [-0.25, -0.2) is 0 Å². The zero-order valence-corrected chi connectivity index (χ0v) is 14.1. The summed E-state index contributed by atoms with van der Waals surface area (Å²) in [7, 11) is 0. The van der Waals surface area contributed by atoms with Crippen molar-refractivity contribution in [2.24, 2.45) is 11.8 Å². The lowest BCUT2D eigenvalue weighted by Gasteiger charge is -2.29. The summed E-state index contributed by atoms with van der Waals surface area (Å²) in [5.41, 5.74) is 8.04. The fourth-order valence-electron chi connectivity index (χ4n) is 2.93. The number of aryl methyl sites for hydroxylation is 1. The molecule has 1 aliphatic rings. The number of rotatable bonds is 3. The van der Waals surface area contributed by atoms with Crippen LogP contribution in [0.2, 0.25) is 0 Å². The highest BCUT2D eigenvalue weighted by molar-refractivity contribution is 5.97. The molecule has 0 radical (unpaired) electrons. The zero-order valence-electron chi connectivity index (χ0n) is 14.1. The third-order valence-corrected chi connectivity index (χ3v) is 4.61. The maximum atomic E-state index is 12.4. The van der Waals surface area contributed by atoms with Crippen LogP contribution in [0.3, 0.4) is 0 Å². The molecule has 128 valence electrons. The fraction of sp³-hybridized carbons (Fsp3) is 0.389. The number of aliphatic carboxylic acids is 1. The number of carboxylic acid groups (broad SMARTS) is 1. The Hall–Kier alpha value is -2.63. The molecule has 2 atom stereocenters. The van der Waals surface area contributed by atoms with Gasteiger partial charge in [-0.3, -0.25) is 25.2 Å². The molecule has 0 fully saturated rings. The van der Waals surface area contributed by atoms with Gasteiger partial charge in [-0.2, -0.15) is 0 Å². The van der Waals surface area contributed by atoms with Crippen LogP contribution in [-0.4, -0.2) is 22.9 Å². The summed E-state index contributed by atoms with van der Waals surface area (Å²) >= 11 is 0. The number of allylic oxidation sites excluding steroid dienone is 2. The van der Waals surface area contributed by atoms with Crippen molar-refractivity contribution < 1.29 is 19.5 Å². The zero-order chi connectivity index (χ0) is 17.9. The Morgan fingerprint density at radius 3 is 2.12 bits per heavy atom. The van der Waals surface area contributed by atoms with Crippen LogP contribution < -0.4 is 10.9 Å². The molecule has 2 rings (SSSR count). The normalized spacial score (nSPS) is 20.5. The van der Waals surface area contributed by atoms with Crippen LogP contribution in [-0.2, 0) is 9.59 Å². The van der Waals surface area contributed by atoms with Gasteiger partial charge in [-0.1, -0.05) is 29.3 Å². The van der Waals surface area contributed by atoms with Crippen molar-refractivity contribution in [3.63, 3.8) is 0 Å². The van der Waals surface area contributed by atoms with E-state index < -0.39 is 29.6 Å². The van der Waals surface area contributed by atoms with Crippen molar-refractivity contribution >= 4 is 17.8 Å². The molecule has 6 nitrogen and oxygen atoms in total. The number of carbonyl (C=O) groups is 3. The first kappa shape index (κ1) is 17.7. The predicted octanol–water partition coefficient (Wildman–Crippen LogP) is 2.20. The van der Waals surface area contributed by atoms with Crippen molar-refractivity contribution in [3.05, 3.63) is 46.5 Å². The molecular weight excluding hydrogens is 308 g/mol. The van der Waals surface area contributed by atoms with Gasteiger partial charge in [0.2, 0.25) is 5.91 Å². The second kappa shape index (κ2) is 7.29. The minimum Gasteiger partial charge on any atom is -0.481 e. The molecule has 1 aromatic carbocycles. The first-order chi connectivity index (χ1) is 11.3. The second-order valence-corrected chi connectivity index (χ2v) is 6.28. The van der Waals surface area contributed by atoms with Crippen LogP contribution in [0, 0.1) is 18.8 Å². The lowest BCUT2D eigenvalue weighted by atomic mass is 9.76. The maximum absolute atomic E-state index is 12.4. The van der Waals surface area contributed by atoms with Gasteiger partial charge in [0, 0.05) is 5.56 Å². The molecule has 0 aliphatic heterocycles. The summed E-state index contributed by atoms with van der Waals surface area (Å²) in [6.07, 6.45) is 0.736. The summed E-state index contributed by atoms with van der Waals surface area (Å²) in [5.74, 6) is -3.36. The van der Waals surface area contributed by atoms with Crippen LogP contribution in [0.4, 0.5) is 0 Å². The quantitative estimate of drug-likeness (QED) is 0.585. The molecule has 0 bridgehead atoms. The number of carboxylic acids is 1. The van der Waals surface area contributed by atoms with E-state index in [1.807, 2.05) is 19.9 Å². The van der Waals surface area contributed by atoms with E-state index in [1.54, 1.807) is 25.1 Å². The molecule has 2 amide bonds. The number of hydrogen-bond acceptors (Lipinski definition) is 3. The Morgan fingerprint density at radius 1 is 0.958 bits per heavy atom. The molecule has 0 heterocycles. The highest BCUT2D eigenvalue weighted by Gasteiger charge is 2.37. The van der Waals surface area contributed by atoms with Gasteiger partial charge in [0.1, 0.15) is 0 Å². The summed E-state index contributed by atoms with van der Waals surface area (Å²) in [4.78, 5) is 35.9. The van der Waals surface area contributed by atoms with Crippen LogP contribution in [0.15, 0.2) is 35.4 Å². The number of hydrazine groups is 1. The van der Waals surface area contributed by atoms with Gasteiger partial charge in [0.15, 0.2) is 0 Å². The van der Waals surface area contributed by atoms with E-state index in [-0.39, 0.29) is 0 Å². The molecule has 1 aromatic rings. The molecule has 1 aliphatic carbocycles. The van der Waals surface area contributed by atoms with Gasteiger partial charge in [0.05, 0.1) is 11.8 Å². The van der Waals surface area contributed by atoms with E-state index in [0.717, 1.165) is 16.7 Å². The average molecular weight is 330 g/mol. The molecular formula is C18H22N2O4. The van der Waals surface area contributed by atoms with Crippen LogP contribution in [0.1, 0.15) is 42.6 Å². The number of nitrogens with one attached hydrogen (secondary N) is 2. The molecule has 0 saturated carbocycles. The maximum Gasteiger partial charge on any atom is 0.307 e. The minimum atomic E-state index is -0.993. The van der Waals surface area contributed by atoms with Crippen LogP contribution in [0.5, 0.6) is 0 Å². The first-order valence-electron chi connectivity index (χ1n) is 7.85. The van der Waals surface area contributed by atoms with Gasteiger partial charge in [-0.15, -0.1) is 0 Å². The highest BCUT2D eigenvalue weighted by atomic mass is 16.4. The van der Waals surface area contributed by atoms with Gasteiger partial charge >= 0.3 is 5.97 Å². The van der Waals surface area contributed by atoms with Crippen molar-refractivity contribution in [3.8, 4) is 0 Å². The standard InChI is InChI=1S/C18H22N2O4/c1-10-6-4-5-7-13(10)16(21)19-20-17(22)14-8-11(2)12(3)9-15(14)18(23)24/h4-7,14-15H,8-9H2,1-3H3,(H,19,21)(H,20,22)(H,23,24)/t14-,15-/m0/s1. The molecule has 6 heteroatoms. The summed E-state index contributed by atoms with van der Waals surface area (Å²) < 4.78 is 0. The fourth-order valence-corrected chi connectivity index (χ4v) is 2.93. The number of amides is 2. The largest absolute Gasteiger partial charge is 0.481 e. The predicted molar refractivity (Wildman–Crippen MR) is 89.0 cm³/mol. The van der Waals surface area contributed by atoms with Crippen molar-refractivity contribution in [2.75, 3.05) is 0 Å². The van der Waals surface area contributed by atoms with Crippen LogP contribution >= 0.6 is 0 Å². The lowest BCUT2D eigenvalue weighted by molar-refractivity contribution is -0.147. The Kier molecular flexibility index (Phi) is 5.39. The molecule has 3 N–H and O–H groups in total. The molecule has 24 heavy (non-hydrogen) atoms. The SMILES string of the molecule is CC1=C(C)C[C@H](C(=O)NNC(=O)c2ccccc2C)[C@@H](C(=O)O)C1. The second-order valence-electron chi connectivity index (χ2n) is 6.28. The van der Waals surface area contributed by atoms with Crippen LogP contribution in [0.25, 0.3) is 0 Å². The smallest absolute Gasteiger partial charge is 0.307 e. The number of hydrogen-bond donors (Lipinski definition) is 3. The van der Waals surface area contributed by atoms with E-state index in [4.69, 9.17) is 0 Å². The van der Waals surface area contributed by atoms with E-state index in [9.17, 15) is 19.5 Å². The Balaban J connectivity index is 2.05. The molecule has 0 spiro atoms. The van der Waals surface area contributed by atoms with E-state index in [1.165, 1.54) is 0 Å². The van der Waals surface area contributed by atoms with Gasteiger partial charge in [0.25, 0.3) is 5.91 Å². The Labute approximate surface area is 140 Å². The molecule has 0 aromatic heterocycles. The van der Waals surface area contributed by atoms with Gasteiger partial charge in [-0.05, 0) is 45.2 Å². The minimum absolute atomic E-state index is 0.352.